The second kappa shape index (κ2) is 5.85. The Bertz CT molecular complexity index is 297. The van der Waals surface area contributed by atoms with Crippen molar-refractivity contribution >= 4 is 5.91 Å². The van der Waals surface area contributed by atoms with Crippen molar-refractivity contribution in [3.63, 3.8) is 0 Å². The zero-order valence-corrected chi connectivity index (χ0v) is 12.8. The summed E-state index contributed by atoms with van der Waals surface area (Å²) in [5.74, 6) is 0.754. The molecule has 0 aromatic rings. The van der Waals surface area contributed by atoms with Gasteiger partial charge in [0.1, 0.15) is 0 Å². The van der Waals surface area contributed by atoms with Crippen LogP contribution >= 0.6 is 0 Å². The summed E-state index contributed by atoms with van der Waals surface area (Å²) < 4.78 is 0. The summed E-state index contributed by atoms with van der Waals surface area (Å²) >= 11 is 0. The van der Waals surface area contributed by atoms with Gasteiger partial charge in [-0.2, -0.15) is 0 Å². The van der Waals surface area contributed by atoms with Crippen LogP contribution in [0.15, 0.2) is 0 Å². The van der Waals surface area contributed by atoms with Crippen molar-refractivity contribution in [1.29, 1.82) is 0 Å². The normalized spacial score (nSPS) is 33.8. The maximum Gasteiger partial charge on any atom is 0.217 e. The van der Waals surface area contributed by atoms with Crippen molar-refractivity contribution in [2.24, 2.45) is 22.5 Å². The van der Waals surface area contributed by atoms with Crippen LogP contribution in [0.1, 0.15) is 84.5 Å². The average Bonchev–Trinajstić information content (AvgIpc) is 2.36. The van der Waals surface area contributed by atoms with Gasteiger partial charge in [-0.25, -0.2) is 0 Å². The first-order chi connectivity index (χ1) is 8.95. The smallest absolute Gasteiger partial charge is 0.217 e. The van der Waals surface area contributed by atoms with Gasteiger partial charge in [-0.3, -0.25) is 4.79 Å². The molecular weight excluding hydrogens is 234 g/mol. The molecule has 0 heterocycles. The number of carbonyl (C=O) groups excluding carboxylic acids is 1. The zero-order valence-electron chi connectivity index (χ0n) is 12.8. The van der Waals surface area contributed by atoms with Crippen LogP contribution in [0, 0.1) is 16.7 Å². The van der Waals surface area contributed by atoms with E-state index >= 15 is 0 Å². The molecule has 3 rings (SSSR count). The van der Waals surface area contributed by atoms with Crippen LogP contribution < -0.4 is 5.73 Å². The van der Waals surface area contributed by atoms with Crippen molar-refractivity contribution in [3.8, 4) is 0 Å². The minimum Gasteiger partial charge on any atom is -0.370 e. The van der Waals surface area contributed by atoms with Crippen LogP contribution in [0.2, 0.25) is 0 Å². The largest absolute Gasteiger partial charge is 0.370 e. The second-order valence-electron chi connectivity index (χ2n) is 7.78. The van der Waals surface area contributed by atoms with E-state index in [0.29, 0.717) is 17.3 Å². The summed E-state index contributed by atoms with van der Waals surface area (Å²) in [4.78, 5) is 11.2. The molecule has 2 nitrogen and oxygen atoms in total. The van der Waals surface area contributed by atoms with E-state index in [-0.39, 0.29) is 5.91 Å². The van der Waals surface area contributed by atoms with E-state index in [1.807, 2.05) is 0 Å². The quantitative estimate of drug-likeness (QED) is 0.680. The van der Waals surface area contributed by atoms with Crippen molar-refractivity contribution < 1.29 is 4.79 Å². The number of nitrogens with two attached hydrogens (primary N) is 1. The molecule has 0 spiro atoms. The van der Waals surface area contributed by atoms with Gasteiger partial charge < -0.3 is 5.73 Å². The number of hydrogen-bond donors (Lipinski definition) is 1. The van der Waals surface area contributed by atoms with Gasteiger partial charge in [-0.1, -0.05) is 33.1 Å². The third kappa shape index (κ3) is 3.73. The van der Waals surface area contributed by atoms with E-state index in [1.165, 1.54) is 64.2 Å². The highest BCUT2D eigenvalue weighted by Crippen LogP contribution is 2.59. The van der Waals surface area contributed by atoms with Gasteiger partial charge in [0, 0.05) is 6.42 Å². The molecule has 0 atom stereocenters. The van der Waals surface area contributed by atoms with Crippen LogP contribution in [0.5, 0.6) is 0 Å². The predicted molar refractivity (Wildman–Crippen MR) is 79.7 cm³/mol. The molecule has 0 radical (unpaired) electrons. The Morgan fingerprint density at radius 3 is 2.00 bits per heavy atom. The number of unbranched alkanes of at least 4 members (excludes halogenated alkanes) is 1. The topological polar surface area (TPSA) is 43.1 Å². The molecule has 0 unspecified atom stereocenters. The van der Waals surface area contributed by atoms with Gasteiger partial charge in [0.05, 0.1) is 0 Å². The van der Waals surface area contributed by atoms with Gasteiger partial charge in [0.15, 0.2) is 0 Å². The maximum atomic E-state index is 11.2. The molecule has 2 N–H and O–H groups in total. The molecule has 0 aromatic carbocycles. The minimum atomic E-state index is -0.0914. The molecule has 0 saturated heterocycles. The molecule has 0 aromatic heterocycles. The van der Waals surface area contributed by atoms with E-state index in [9.17, 15) is 4.79 Å². The van der Waals surface area contributed by atoms with Crippen LogP contribution in [0.25, 0.3) is 0 Å². The Morgan fingerprint density at radius 1 is 1.00 bits per heavy atom. The number of fused-ring (bicyclic) bond motifs is 3. The zero-order chi connectivity index (χ0) is 13.9. The summed E-state index contributed by atoms with van der Waals surface area (Å²) in [6, 6.07) is 0. The van der Waals surface area contributed by atoms with Crippen LogP contribution in [0.4, 0.5) is 0 Å². The third-order valence-corrected chi connectivity index (χ3v) is 5.84. The lowest BCUT2D eigenvalue weighted by molar-refractivity contribution is -0.123. The standard InChI is InChI=1S/C17H31NO/c1-14(2)5-3-4-6-16-7-10-17(11-8-16,12-9-16)13-15(18)19/h14H,3-13H2,1-2H3,(H2,18,19). The number of hydrogen-bond acceptors (Lipinski definition) is 1. The summed E-state index contributed by atoms with van der Waals surface area (Å²) in [6.07, 6.45) is 14.0. The van der Waals surface area contributed by atoms with Crippen LogP contribution in [-0.2, 0) is 4.79 Å². The van der Waals surface area contributed by atoms with Gasteiger partial charge in [0.25, 0.3) is 0 Å². The van der Waals surface area contributed by atoms with E-state index in [0.717, 1.165) is 5.92 Å². The minimum absolute atomic E-state index is 0.0914. The summed E-state index contributed by atoms with van der Waals surface area (Å²) in [5, 5.41) is 0. The fourth-order valence-corrected chi connectivity index (χ4v) is 4.40. The van der Waals surface area contributed by atoms with Crippen LogP contribution in [-0.4, -0.2) is 5.91 Å². The number of primary amides is 1. The molecule has 3 aliphatic rings. The Morgan fingerprint density at radius 2 is 1.53 bits per heavy atom. The predicted octanol–water partition coefficient (Wildman–Crippen LogP) is 4.42. The van der Waals surface area contributed by atoms with Gasteiger partial charge in [-0.15, -0.1) is 0 Å². The maximum absolute atomic E-state index is 11.2. The Balaban J connectivity index is 1.78. The molecule has 110 valence electrons. The first kappa shape index (κ1) is 14.9. The number of carbonyl (C=O) groups is 1. The van der Waals surface area contributed by atoms with Crippen molar-refractivity contribution in [2.75, 3.05) is 0 Å². The SMILES string of the molecule is CC(C)CCCCC12CCC(CC(N)=O)(CC1)CC2. The number of rotatable bonds is 7. The van der Waals surface area contributed by atoms with Crippen LogP contribution in [0.3, 0.4) is 0 Å². The monoisotopic (exact) mass is 265 g/mol. The molecule has 2 heteroatoms. The Labute approximate surface area is 118 Å². The Hall–Kier alpha value is -0.530. The molecular formula is C17H31NO. The first-order valence-electron chi connectivity index (χ1n) is 8.24. The van der Waals surface area contributed by atoms with Crippen molar-refractivity contribution in [2.45, 2.75) is 84.5 Å². The molecule has 3 aliphatic carbocycles. The fraction of sp³-hybridized carbons (Fsp3) is 0.941. The van der Waals surface area contributed by atoms with Crippen molar-refractivity contribution in [3.05, 3.63) is 0 Å². The highest BCUT2D eigenvalue weighted by Gasteiger charge is 2.48. The lowest BCUT2D eigenvalue weighted by Crippen LogP contribution is -2.43. The van der Waals surface area contributed by atoms with E-state index in [2.05, 4.69) is 13.8 Å². The van der Waals surface area contributed by atoms with Gasteiger partial charge in [0.2, 0.25) is 5.91 Å². The lowest BCUT2D eigenvalue weighted by Gasteiger charge is -2.53. The number of amides is 1. The van der Waals surface area contributed by atoms with E-state index in [1.54, 1.807) is 0 Å². The molecule has 2 bridgehead atoms. The summed E-state index contributed by atoms with van der Waals surface area (Å²) in [7, 11) is 0. The van der Waals surface area contributed by atoms with Gasteiger partial charge in [-0.05, 0) is 61.7 Å². The van der Waals surface area contributed by atoms with E-state index < -0.39 is 0 Å². The highest BCUT2D eigenvalue weighted by molar-refractivity contribution is 5.74. The molecule has 0 aliphatic heterocycles. The van der Waals surface area contributed by atoms with Crippen molar-refractivity contribution in [1.82, 2.24) is 0 Å². The lowest BCUT2D eigenvalue weighted by atomic mass is 9.51. The molecule has 3 saturated carbocycles. The molecule has 1 amide bonds. The molecule has 3 fully saturated rings. The average molecular weight is 265 g/mol. The molecule has 19 heavy (non-hydrogen) atoms. The second-order valence-corrected chi connectivity index (χ2v) is 7.78. The highest BCUT2D eigenvalue weighted by atomic mass is 16.1. The summed E-state index contributed by atoms with van der Waals surface area (Å²) in [6.45, 7) is 4.63. The third-order valence-electron chi connectivity index (χ3n) is 5.84. The Kier molecular flexibility index (Phi) is 4.58. The first-order valence-corrected chi connectivity index (χ1v) is 8.24. The fourth-order valence-electron chi connectivity index (χ4n) is 4.40. The van der Waals surface area contributed by atoms with E-state index in [4.69, 9.17) is 5.73 Å². The van der Waals surface area contributed by atoms with Gasteiger partial charge >= 0.3 is 0 Å². The summed E-state index contributed by atoms with van der Waals surface area (Å²) in [5.41, 5.74) is 6.35.